The van der Waals surface area contributed by atoms with Crippen LogP contribution in [0.5, 0.6) is 0 Å². The van der Waals surface area contributed by atoms with Crippen molar-refractivity contribution in [2.75, 3.05) is 18.1 Å². The molecule has 3 nitrogen and oxygen atoms in total. The quantitative estimate of drug-likeness (QED) is 0.904. The second kappa shape index (κ2) is 6.62. The summed E-state index contributed by atoms with van der Waals surface area (Å²) in [4.78, 5) is 1.81. The van der Waals surface area contributed by atoms with Crippen molar-refractivity contribution in [1.82, 2.24) is 0 Å². The van der Waals surface area contributed by atoms with Crippen LogP contribution in [-0.2, 0) is 6.18 Å². The van der Waals surface area contributed by atoms with Crippen LogP contribution >= 0.6 is 0 Å². The number of aliphatic hydroxyl groups is 1. The van der Waals surface area contributed by atoms with Crippen LogP contribution in [-0.4, -0.2) is 24.3 Å². The first-order valence-electron chi connectivity index (χ1n) is 6.30. The van der Waals surface area contributed by atoms with E-state index in [9.17, 15) is 13.2 Å². The van der Waals surface area contributed by atoms with E-state index < -0.39 is 11.7 Å². The molecule has 0 unspecified atom stereocenters. The molecule has 1 aromatic carbocycles. The monoisotopic (exact) mass is 286 g/mol. The molecule has 0 amide bonds. The molecule has 0 aliphatic rings. The molecule has 6 heteroatoms. The topological polar surface area (TPSA) is 47.3 Å². The summed E-state index contributed by atoms with van der Waals surface area (Å²) in [5, 5.41) is 18.0. The van der Waals surface area contributed by atoms with Crippen LogP contribution in [0.4, 0.5) is 18.9 Å². The highest BCUT2D eigenvalue weighted by Gasteiger charge is 2.31. The first kappa shape index (κ1) is 16.3. The normalized spacial score (nSPS) is 11.5. The van der Waals surface area contributed by atoms with Crippen LogP contribution in [0.2, 0.25) is 0 Å². The smallest absolute Gasteiger partial charge is 0.396 e. The Bertz CT molecular complexity index is 492. The number of rotatable bonds is 5. The van der Waals surface area contributed by atoms with E-state index in [4.69, 9.17) is 10.4 Å². The maximum Gasteiger partial charge on any atom is 0.416 e. The zero-order valence-electron chi connectivity index (χ0n) is 11.4. The number of aliphatic hydroxyl groups excluding tert-OH is 1. The van der Waals surface area contributed by atoms with Crippen LogP contribution in [0.15, 0.2) is 18.2 Å². The van der Waals surface area contributed by atoms with E-state index in [0.29, 0.717) is 18.7 Å². The maximum absolute atomic E-state index is 12.6. The Kier molecular flexibility index (Phi) is 5.40. The van der Waals surface area contributed by atoms with Crippen molar-refractivity contribution in [3.8, 4) is 6.07 Å². The highest BCUT2D eigenvalue weighted by atomic mass is 19.4. The Morgan fingerprint density at radius 2 is 2.00 bits per heavy atom. The first-order chi connectivity index (χ1) is 9.31. The van der Waals surface area contributed by atoms with Gasteiger partial charge in [0.25, 0.3) is 0 Å². The molecule has 1 N–H and O–H groups in total. The molecule has 0 saturated heterocycles. The lowest BCUT2D eigenvalue weighted by atomic mass is 10.1. The molecule has 1 aromatic rings. The summed E-state index contributed by atoms with van der Waals surface area (Å²) in [6.45, 7) is 4.24. The van der Waals surface area contributed by atoms with Crippen molar-refractivity contribution in [1.29, 1.82) is 5.26 Å². The van der Waals surface area contributed by atoms with E-state index in [1.165, 1.54) is 6.07 Å². The largest absolute Gasteiger partial charge is 0.416 e. The SMILES string of the molecule is CC(C)N(CCCO)c1ccc(C(F)(F)F)cc1C#N. The van der Waals surface area contributed by atoms with Gasteiger partial charge in [0.05, 0.1) is 16.8 Å². The van der Waals surface area contributed by atoms with Crippen LogP contribution in [0, 0.1) is 11.3 Å². The molecule has 1 rings (SSSR count). The summed E-state index contributed by atoms with van der Waals surface area (Å²) in [5.41, 5.74) is -0.376. The Morgan fingerprint density at radius 1 is 1.35 bits per heavy atom. The van der Waals surface area contributed by atoms with E-state index in [0.717, 1.165) is 12.1 Å². The molecule has 0 aliphatic carbocycles. The van der Waals surface area contributed by atoms with Crippen molar-refractivity contribution in [3.63, 3.8) is 0 Å². The second-order valence-corrected chi connectivity index (χ2v) is 4.71. The molecule has 0 aromatic heterocycles. The van der Waals surface area contributed by atoms with E-state index in [2.05, 4.69) is 0 Å². The van der Waals surface area contributed by atoms with Crippen molar-refractivity contribution >= 4 is 5.69 Å². The Morgan fingerprint density at radius 3 is 2.45 bits per heavy atom. The molecule has 20 heavy (non-hydrogen) atoms. The van der Waals surface area contributed by atoms with Crippen molar-refractivity contribution in [3.05, 3.63) is 29.3 Å². The molecule has 110 valence electrons. The van der Waals surface area contributed by atoms with Crippen LogP contribution in [0.3, 0.4) is 0 Å². The summed E-state index contributed by atoms with van der Waals surface area (Å²) >= 11 is 0. The lowest BCUT2D eigenvalue weighted by Gasteiger charge is -2.30. The summed E-state index contributed by atoms with van der Waals surface area (Å²) in [7, 11) is 0. The first-order valence-corrected chi connectivity index (χ1v) is 6.30. The summed E-state index contributed by atoms with van der Waals surface area (Å²) in [6, 6.07) is 4.99. The maximum atomic E-state index is 12.6. The number of nitriles is 1. The molecule has 0 fully saturated rings. The molecule has 0 radical (unpaired) electrons. The Labute approximate surface area is 116 Å². The molecule has 0 bridgehead atoms. The third-order valence-electron chi connectivity index (χ3n) is 2.93. The highest BCUT2D eigenvalue weighted by Crippen LogP contribution is 2.33. The van der Waals surface area contributed by atoms with E-state index in [-0.39, 0.29) is 18.2 Å². The predicted molar refractivity (Wildman–Crippen MR) is 70.3 cm³/mol. The third kappa shape index (κ3) is 3.87. The minimum atomic E-state index is -4.46. The Balaban J connectivity index is 3.20. The van der Waals surface area contributed by atoms with Gasteiger partial charge in [-0.3, -0.25) is 0 Å². The summed E-state index contributed by atoms with van der Waals surface area (Å²) < 4.78 is 37.9. The molecule has 0 spiro atoms. The average Bonchev–Trinajstić information content (AvgIpc) is 2.37. The van der Waals surface area contributed by atoms with Gasteiger partial charge >= 0.3 is 6.18 Å². The zero-order valence-corrected chi connectivity index (χ0v) is 11.4. The van der Waals surface area contributed by atoms with Gasteiger partial charge in [-0.15, -0.1) is 0 Å². The number of hydrogen-bond acceptors (Lipinski definition) is 3. The van der Waals surface area contributed by atoms with Gasteiger partial charge in [0.1, 0.15) is 6.07 Å². The number of benzene rings is 1. The van der Waals surface area contributed by atoms with Crippen LogP contribution in [0.25, 0.3) is 0 Å². The fourth-order valence-electron chi connectivity index (χ4n) is 1.95. The molecule has 0 aliphatic heterocycles. The van der Waals surface area contributed by atoms with E-state index in [1.807, 2.05) is 24.8 Å². The van der Waals surface area contributed by atoms with Gasteiger partial charge in [-0.25, -0.2) is 0 Å². The van der Waals surface area contributed by atoms with Crippen molar-refractivity contribution < 1.29 is 18.3 Å². The fourth-order valence-corrected chi connectivity index (χ4v) is 1.95. The molecular weight excluding hydrogens is 269 g/mol. The minimum Gasteiger partial charge on any atom is -0.396 e. The number of alkyl halides is 3. The van der Waals surface area contributed by atoms with Crippen LogP contribution < -0.4 is 4.90 Å². The minimum absolute atomic E-state index is 0.00790. The van der Waals surface area contributed by atoms with Gasteiger partial charge in [0.2, 0.25) is 0 Å². The standard InChI is InChI=1S/C14H17F3N2O/c1-10(2)19(6-3-7-20)13-5-4-12(14(15,16)17)8-11(13)9-18/h4-5,8,10,20H,3,6-7H2,1-2H3. The molecule has 0 atom stereocenters. The molecule has 0 heterocycles. The number of nitrogens with zero attached hydrogens (tertiary/aromatic N) is 2. The average molecular weight is 286 g/mol. The van der Waals surface area contributed by atoms with E-state index >= 15 is 0 Å². The van der Waals surface area contributed by atoms with Gasteiger partial charge in [-0.2, -0.15) is 18.4 Å². The van der Waals surface area contributed by atoms with Gasteiger partial charge in [-0.05, 0) is 38.5 Å². The van der Waals surface area contributed by atoms with Gasteiger partial charge in [0.15, 0.2) is 0 Å². The van der Waals surface area contributed by atoms with Crippen LogP contribution in [0.1, 0.15) is 31.4 Å². The fraction of sp³-hybridized carbons (Fsp3) is 0.500. The lowest BCUT2D eigenvalue weighted by Crippen LogP contribution is -2.33. The van der Waals surface area contributed by atoms with Crippen molar-refractivity contribution in [2.24, 2.45) is 0 Å². The number of hydrogen-bond donors (Lipinski definition) is 1. The zero-order chi connectivity index (χ0) is 15.3. The number of anilines is 1. The Hall–Kier alpha value is -1.74. The molecular formula is C14H17F3N2O. The van der Waals surface area contributed by atoms with E-state index in [1.54, 1.807) is 0 Å². The lowest BCUT2D eigenvalue weighted by molar-refractivity contribution is -0.137. The summed E-state index contributed by atoms with van der Waals surface area (Å²) in [5.74, 6) is 0. The molecule has 0 saturated carbocycles. The van der Waals surface area contributed by atoms with Crippen molar-refractivity contribution in [2.45, 2.75) is 32.5 Å². The number of halogens is 3. The van der Waals surface area contributed by atoms with Gasteiger partial charge in [-0.1, -0.05) is 0 Å². The summed E-state index contributed by atoms with van der Waals surface area (Å²) in [6.07, 6.45) is -3.97. The van der Waals surface area contributed by atoms with Gasteiger partial charge in [0, 0.05) is 19.2 Å². The third-order valence-corrected chi connectivity index (χ3v) is 2.93. The van der Waals surface area contributed by atoms with Gasteiger partial charge < -0.3 is 10.0 Å². The second-order valence-electron chi connectivity index (χ2n) is 4.71. The predicted octanol–water partition coefficient (Wildman–Crippen LogP) is 3.17. The highest BCUT2D eigenvalue weighted by molar-refractivity contribution is 5.61.